The van der Waals surface area contributed by atoms with E-state index in [-0.39, 0.29) is 12.8 Å². The van der Waals surface area contributed by atoms with Gasteiger partial charge in [-0.1, -0.05) is 32.1 Å². The van der Waals surface area contributed by atoms with Crippen molar-refractivity contribution < 1.29 is 28.7 Å². The van der Waals surface area contributed by atoms with E-state index < -0.39 is 35.1 Å². The van der Waals surface area contributed by atoms with Gasteiger partial charge in [-0.3, -0.25) is 19.2 Å². The largest absolute Gasteiger partial charge is 0.454 e. The van der Waals surface area contributed by atoms with Crippen LogP contribution < -0.4 is 25.4 Å². The zero-order valence-corrected chi connectivity index (χ0v) is 18.9. The van der Waals surface area contributed by atoms with Gasteiger partial charge in [0.1, 0.15) is 5.54 Å². The molecule has 9 heteroatoms. The number of hydrogen-bond acceptors (Lipinski definition) is 6. The molecule has 2 fully saturated rings. The second-order valence-corrected chi connectivity index (χ2v) is 9.18. The summed E-state index contributed by atoms with van der Waals surface area (Å²) in [6.07, 6.45) is 7.26. The fourth-order valence-electron chi connectivity index (χ4n) is 4.82. The fraction of sp³-hybridized carbons (Fsp3) is 0.583. The van der Waals surface area contributed by atoms with Crippen LogP contribution >= 0.6 is 0 Å². The van der Waals surface area contributed by atoms with Crippen molar-refractivity contribution in [3.05, 3.63) is 23.8 Å². The van der Waals surface area contributed by atoms with Crippen LogP contribution in [0.2, 0.25) is 0 Å². The lowest BCUT2D eigenvalue weighted by Gasteiger charge is -2.37. The Morgan fingerprint density at radius 1 is 0.970 bits per heavy atom. The van der Waals surface area contributed by atoms with Crippen molar-refractivity contribution in [2.75, 3.05) is 6.79 Å². The minimum Gasteiger partial charge on any atom is -0.454 e. The number of amides is 3. The third-order valence-corrected chi connectivity index (χ3v) is 6.78. The van der Waals surface area contributed by atoms with Gasteiger partial charge in [-0.2, -0.15) is 0 Å². The third-order valence-electron chi connectivity index (χ3n) is 6.78. The average molecular weight is 458 g/mol. The Morgan fingerprint density at radius 2 is 1.67 bits per heavy atom. The summed E-state index contributed by atoms with van der Waals surface area (Å²) in [6.45, 7) is 1.61. The molecule has 1 aromatic rings. The summed E-state index contributed by atoms with van der Waals surface area (Å²) >= 11 is 0. The number of rotatable bonds is 7. The summed E-state index contributed by atoms with van der Waals surface area (Å²) in [6, 6.07) is 3.91. The van der Waals surface area contributed by atoms with E-state index in [4.69, 9.17) is 9.47 Å². The molecular formula is C24H31N3O6. The van der Waals surface area contributed by atoms with E-state index in [1.807, 2.05) is 0 Å². The molecule has 1 atom stereocenters. The van der Waals surface area contributed by atoms with Gasteiger partial charge >= 0.3 is 0 Å². The van der Waals surface area contributed by atoms with Gasteiger partial charge in [-0.25, -0.2) is 0 Å². The highest BCUT2D eigenvalue weighted by molar-refractivity contribution is 6.38. The van der Waals surface area contributed by atoms with Crippen molar-refractivity contribution >= 4 is 23.5 Å². The number of benzene rings is 1. The Labute approximate surface area is 193 Å². The van der Waals surface area contributed by atoms with E-state index in [9.17, 15) is 19.2 Å². The summed E-state index contributed by atoms with van der Waals surface area (Å²) in [5, 5.41) is 8.36. The maximum atomic E-state index is 13.3. The fourth-order valence-corrected chi connectivity index (χ4v) is 4.82. The quantitative estimate of drug-likeness (QED) is 0.538. The van der Waals surface area contributed by atoms with Crippen molar-refractivity contribution in [3.8, 4) is 11.5 Å². The van der Waals surface area contributed by atoms with Gasteiger partial charge in [0.05, 0.1) is 6.04 Å². The number of hydrogen-bond donors (Lipinski definition) is 3. The van der Waals surface area contributed by atoms with Gasteiger partial charge in [0.15, 0.2) is 11.5 Å². The maximum Gasteiger partial charge on any atom is 0.289 e. The summed E-state index contributed by atoms with van der Waals surface area (Å²) in [5.74, 6) is -1.13. The van der Waals surface area contributed by atoms with Gasteiger partial charge in [0.25, 0.3) is 11.8 Å². The molecule has 0 unspecified atom stereocenters. The van der Waals surface area contributed by atoms with E-state index in [1.54, 1.807) is 18.2 Å². The topological polar surface area (TPSA) is 123 Å². The van der Waals surface area contributed by atoms with Crippen LogP contribution in [0.25, 0.3) is 0 Å². The Balaban J connectivity index is 1.42. The lowest BCUT2D eigenvalue weighted by Crippen LogP contribution is -2.62. The number of nitrogens with one attached hydrogen (secondary N) is 3. The second-order valence-electron chi connectivity index (χ2n) is 9.18. The van der Waals surface area contributed by atoms with Crippen LogP contribution in [0.1, 0.15) is 75.1 Å². The van der Waals surface area contributed by atoms with E-state index in [2.05, 4.69) is 16.0 Å². The number of ketones is 1. The molecule has 3 aliphatic rings. The molecular weight excluding hydrogens is 426 g/mol. The molecule has 2 aliphatic carbocycles. The zero-order chi connectivity index (χ0) is 23.4. The smallest absolute Gasteiger partial charge is 0.289 e. The highest BCUT2D eigenvalue weighted by Gasteiger charge is 2.42. The standard InChI is InChI=1S/C24H31N3O6/c1-15(20(28)22(30)26-17-7-3-4-8-17)25-23(31)24(11-5-2-6-12-24)27-21(29)16-9-10-18-19(13-16)33-14-32-18/h9-10,13,15,17H,2-8,11-12,14H2,1H3,(H,25,31)(H,26,30)(H,27,29)/t15-/m0/s1. The zero-order valence-electron chi connectivity index (χ0n) is 18.9. The maximum absolute atomic E-state index is 13.3. The second kappa shape index (κ2) is 9.80. The highest BCUT2D eigenvalue weighted by Crippen LogP contribution is 2.33. The molecule has 2 saturated carbocycles. The van der Waals surface area contributed by atoms with Crippen LogP contribution in [-0.4, -0.2) is 47.9 Å². The van der Waals surface area contributed by atoms with E-state index in [0.29, 0.717) is 29.9 Å². The van der Waals surface area contributed by atoms with Crippen molar-refractivity contribution in [2.24, 2.45) is 0 Å². The predicted octanol–water partition coefficient (Wildman–Crippen LogP) is 1.98. The number of fused-ring (bicyclic) bond motifs is 1. The first-order chi connectivity index (χ1) is 15.9. The van der Waals surface area contributed by atoms with Crippen LogP contribution in [0.15, 0.2) is 18.2 Å². The van der Waals surface area contributed by atoms with Gasteiger partial charge in [-0.15, -0.1) is 0 Å². The van der Waals surface area contributed by atoms with Crippen molar-refractivity contribution in [2.45, 2.75) is 82.3 Å². The van der Waals surface area contributed by atoms with E-state index in [1.165, 1.54) is 6.92 Å². The molecule has 33 heavy (non-hydrogen) atoms. The first-order valence-electron chi connectivity index (χ1n) is 11.8. The lowest BCUT2D eigenvalue weighted by atomic mass is 9.80. The van der Waals surface area contributed by atoms with Crippen LogP contribution in [0.3, 0.4) is 0 Å². The molecule has 0 spiro atoms. The van der Waals surface area contributed by atoms with E-state index in [0.717, 1.165) is 44.9 Å². The van der Waals surface area contributed by atoms with Crippen LogP contribution in [0.4, 0.5) is 0 Å². The van der Waals surface area contributed by atoms with Gasteiger partial charge in [-0.05, 0) is 50.8 Å². The van der Waals surface area contributed by atoms with Gasteiger partial charge in [0.2, 0.25) is 18.5 Å². The monoisotopic (exact) mass is 457 g/mol. The summed E-state index contributed by atoms with van der Waals surface area (Å²) in [7, 11) is 0. The Kier molecular flexibility index (Phi) is 6.85. The number of carbonyl (C=O) groups excluding carboxylic acids is 4. The summed E-state index contributed by atoms with van der Waals surface area (Å²) in [5.41, 5.74) is -0.778. The molecule has 3 amide bonds. The van der Waals surface area contributed by atoms with Crippen molar-refractivity contribution in [3.63, 3.8) is 0 Å². The van der Waals surface area contributed by atoms with Crippen LogP contribution in [-0.2, 0) is 14.4 Å². The predicted molar refractivity (Wildman–Crippen MR) is 119 cm³/mol. The Hall–Kier alpha value is -3.10. The van der Waals surface area contributed by atoms with Crippen LogP contribution in [0.5, 0.6) is 11.5 Å². The summed E-state index contributed by atoms with van der Waals surface area (Å²) < 4.78 is 10.6. The molecule has 178 valence electrons. The molecule has 4 rings (SSSR count). The molecule has 0 aromatic heterocycles. The molecule has 1 heterocycles. The first kappa shape index (κ1) is 23.1. The molecule has 1 aliphatic heterocycles. The molecule has 0 bridgehead atoms. The SMILES string of the molecule is C[C@H](NC(=O)C1(NC(=O)c2ccc3c(c2)OCO3)CCCCC1)C(=O)C(=O)NC1CCCC1. The molecule has 1 aromatic carbocycles. The van der Waals surface area contributed by atoms with Crippen molar-refractivity contribution in [1.29, 1.82) is 0 Å². The molecule has 3 N–H and O–H groups in total. The average Bonchev–Trinajstić information content (AvgIpc) is 3.50. The van der Waals surface area contributed by atoms with Crippen LogP contribution in [0, 0.1) is 0 Å². The summed E-state index contributed by atoms with van der Waals surface area (Å²) in [4.78, 5) is 51.2. The third kappa shape index (κ3) is 5.12. The minimum absolute atomic E-state index is 0.0232. The minimum atomic E-state index is -1.14. The number of carbonyl (C=O) groups is 4. The Bertz CT molecular complexity index is 934. The highest BCUT2D eigenvalue weighted by atomic mass is 16.7. The normalized spacial score (nSPS) is 20.0. The van der Waals surface area contributed by atoms with Gasteiger partial charge in [0, 0.05) is 11.6 Å². The number of Topliss-reactive ketones (excluding diaryl/α,β-unsaturated/α-hetero) is 1. The number of ether oxygens (including phenoxy) is 2. The molecule has 9 nitrogen and oxygen atoms in total. The first-order valence-corrected chi connectivity index (χ1v) is 11.8. The Morgan fingerprint density at radius 3 is 2.39 bits per heavy atom. The van der Waals surface area contributed by atoms with Gasteiger partial charge < -0.3 is 25.4 Å². The van der Waals surface area contributed by atoms with E-state index >= 15 is 0 Å². The van der Waals surface area contributed by atoms with Crippen molar-refractivity contribution in [1.82, 2.24) is 16.0 Å². The molecule has 0 saturated heterocycles. The molecule has 0 radical (unpaired) electrons. The lowest BCUT2D eigenvalue weighted by molar-refractivity contribution is -0.141.